The summed E-state index contributed by atoms with van der Waals surface area (Å²) in [7, 11) is 0. The maximum Gasteiger partial charge on any atom is 0.0711 e. The van der Waals surface area contributed by atoms with Gasteiger partial charge in [-0.15, -0.1) is 12.1 Å². The zero-order valence-electron chi connectivity index (χ0n) is 11.4. The van der Waals surface area contributed by atoms with Crippen molar-refractivity contribution in [1.29, 1.82) is 0 Å². The Morgan fingerprint density at radius 2 is 1.89 bits per heavy atom. The normalized spacial score (nSPS) is 25.8. The first kappa shape index (κ1) is 16.5. The van der Waals surface area contributed by atoms with Gasteiger partial charge in [-0.25, -0.2) is 0 Å². The van der Waals surface area contributed by atoms with Crippen molar-refractivity contribution < 1.29 is 32.7 Å². The van der Waals surface area contributed by atoms with E-state index < -0.39 is 0 Å². The van der Waals surface area contributed by atoms with Gasteiger partial charge in [-0.2, -0.15) is 22.6 Å². The average molecular weight is 321 g/mol. The van der Waals surface area contributed by atoms with Gasteiger partial charge in [0.05, 0.1) is 6.04 Å². The molecular formula is C15H24N2Y-2. The third kappa shape index (κ3) is 5.61. The minimum Gasteiger partial charge on any atom is -0.469 e. The van der Waals surface area contributed by atoms with Gasteiger partial charge < -0.3 is 13.0 Å². The van der Waals surface area contributed by atoms with E-state index in [1.54, 1.807) is 0 Å². The number of rotatable bonds is 4. The maximum atomic E-state index is 4.51. The predicted octanol–water partition coefficient (Wildman–Crippen LogP) is 4.87. The number of hydrogen-bond acceptors (Lipinski definition) is 2. The van der Waals surface area contributed by atoms with Crippen molar-refractivity contribution in [1.82, 2.24) is 0 Å². The summed E-state index contributed by atoms with van der Waals surface area (Å²) < 4.78 is 0. The maximum absolute atomic E-state index is 4.51. The van der Waals surface area contributed by atoms with Crippen LogP contribution >= 0.6 is 0 Å². The first-order valence-corrected chi connectivity index (χ1v) is 7.21. The van der Waals surface area contributed by atoms with Gasteiger partial charge in [0.15, 0.2) is 0 Å². The predicted molar refractivity (Wildman–Crippen MR) is 70.4 cm³/mol. The van der Waals surface area contributed by atoms with E-state index in [1.807, 2.05) is 0 Å². The molecule has 3 heteroatoms. The molecular weight excluding hydrogens is 297 g/mol. The van der Waals surface area contributed by atoms with Gasteiger partial charge in [-0.1, -0.05) is 32.1 Å². The van der Waals surface area contributed by atoms with Crippen molar-refractivity contribution in [2.24, 2.45) is 16.1 Å². The quantitative estimate of drug-likeness (QED) is 0.521. The third-order valence-corrected chi connectivity index (χ3v) is 3.81. The van der Waals surface area contributed by atoms with E-state index in [2.05, 4.69) is 23.2 Å². The molecule has 2 nitrogen and oxygen atoms in total. The molecule has 0 aromatic heterocycles. The molecule has 0 aromatic rings. The summed E-state index contributed by atoms with van der Waals surface area (Å²) in [4.78, 5) is 0. The Labute approximate surface area is 137 Å². The summed E-state index contributed by atoms with van der Waals surface area (Å²) in [5.41, 5.74) is 1.11. The van der Waals surface area contributed by atoms with Crippen LogP contribution in [0.3, 0.4) is 0 Å². The Balaban J connectivity index is 0.00000162. The van der Waals surface area contributed by atoms with Crippen LogP contribution in [-0.2, 0) is 32.7 Å². The van der Waals surface area contributed by atoms with Crippen LogP contribution in [-0.4, -0.2) is 6.04 Å². The van der Waals surface area contributed by atoms with Crippen LogP contribution < -0.4 is 0 Å². The summed E-state index contributed by atoms with van der Waals surface area (Å²) in [6.45, 7) is 3.92. The minimum atomic E-state index is 0. The number of azo groups is 1. The first-order valence-electron chi connectivity index (χ1n) is 7.21. The fourth-order valence-corrected chi connectivity index (χ4v) is 2.79. The van der Waals surface area contributed by atoms with Crippen molar-refractivity contribution in [3.05, 3.63) is 18.7 Å². The second-order valence-electron chi connectivity index (χ2n) is 5.33. The van der Waals surface area contributed by atoms with E-state index in [-0.39, 0.29) is 32.7 Å². The zero-order chi connectivity index (χ0) is 11.9. The van der Waals surface area contributed by atoms with Gasteiger partial charge in [-0.3, -0.25) is 0 Å². The second-order valence-corrected chi connectivity index (χ2v) is 5.33. The molecule has 0 unspecified atom stereocenters. The van der Waals surface area contributed by atoms with Crippen LogP contribution in [0.5, 0.6) is 0 Å². The van der Waals surface area contributed by atoms with Crippen molar-refractivity contribution >= 4 is 0 Å². The summed E-state index contributed by atoms with van der Waals surface area (Å²) in [6.07, 6.45) is 15.8. The molecule has 1 saturated carbocycles. The van der Waals surface area contributed by atoms with Crippen LogP contribution in [0.4, 0.5) is 0 Å². The molecule has 2 aliphatic carbocycles. The molecule has 0 saturated heterocycles. The van der Waals surface area contributed by atoms with Crippen molar-refractivity contribution in [3.63, 3.8) is 0 Å². The van der Waals surface area contributed by atoms with Crippen LogP contribution in [0.1, 0.15) is 64.2 Å². The molecule has 0 bridgehead atoms. The molecule has 0 heterocycles. The van der Waals surface area contributed by atoms with Gasteiger partial charge in [0.2, 0.25) is 0 Å². The fraction of sp³-hybridized carbons (Fsp3) is 0.800. The van der Waals surface area contributed by atoms with Crippen LogP contribution in [0.15, 0.2) is 15.9 Å². The number of hydrogen-bond donors (Lipinski definition) is 0. The molecule has 0 spiro atoms. The molecule has 99 valence electrons. The third-order valence-electron chi connectivity index (χ3n) is 3.81. The van der Waals surface area contributed by atoms with Crippen molar-refractivity contribution in [3.8, 4) is 0 Å². The molecule has 0 amide bonds. The number of nitrogens with zero attached hydrogens (tertiary/aromatic N) is 2. The largest absolute Gasteiger partial charge is 0.469 e. The average Bonchev–Trinajstić information content (AvgIpc) is 2.39. The molecule has 2 rings (SSSR count). The summed E-state index contributed by atoms with van der Waals surface area (Å²) in [5, 5.41) is 8.96. The van der Waals surface area contributed by atoms with Crippen molar-refractivity contribution in [2.45, 2.75) is 70.3 Å². The van der Waals surface area contributed by atoms with E-state index >= 15 is 0 Å². The summed E-state index contributed by atoms with van der Waals surface area (Å²) >= 11 is 0. The van der Waals surface area contributed by atoms with Crippen LogP contribution in [0, 0.1) is 18.9 Å². The Morgan fingerprint density at radius 1 is 1.11 bits per heavy atom. The van der Waals surface area contributed by atoms with E-state index in [0.717, 1.165) is 25.0 Å². The van der Waals surface area contributed by atoms with Crippen molar-refractivity contribution in [2.75, 3.05) is 0 Å². The molecule has 0 aromatic carbocycles. The second kappa shape index (κ2) is 9.36. The molecule has 1 fully saturated rings. The Bertz CT molecular complexity index is 280. The van der Waals surface area contributed by atoms with Gasteiger partial charge in [0.25, 0.3) is 0 Å². The summed E-state index contributed by atoms with van der Waals surface area (Å²) in [6, 6.07) is 0.492. The van der Waals surface area contributed by atoms with Gasteiger partial charge in [-0.05, 0) is 19.3 Å². The SMILES string of the molecule is [CH2-]CC[C@H]1[C-]=C(N=NC2CCCCC2)CCC1.[Y]. The van der Waals surface area contributed by atoms with Gasteiger partial charge >= 0.3 is 0 Å². The monoisotopic (exact) mass is 321 g/mol. The molecule has 18 heavy (non-hydrogen) atoms. The van der Waals surface area contributed by atoms with Crippen LogP contribution in [0.25, 0.3) is 0 Å². The molecule has 2 aliphatic rings. The van der Waals surface area contributed by atoms with Gasteiger partial charge in [0.1, 0.15) is 0 Å². The number of allylic oxidation sites excluding steroid dienone is 2. The van der Waals surface area contributed by atoms with Crippen LogP contribution in [0.2, 0.25) is 0 Å². The Hall–Kier alpha value is 0.444. The minimum absolute atomic E-state index is 0. The smallest absolute Gasteiger partial charge is 0.0711 e. The first-order chi connectivity index (χ1) is 8.38. The van der Waals surface area contributed by atoms with E-state index in [4.69, 9.17) is 0 Å². The topological polar surface area (TPSA) is 24.7 Å². The van der Waals surface area contributed by atoms with E-state index in [0.29, 0.717) is 12.0 Å². The van der Waals surface area contributed by atoms with E-state index in [9.17, 15) is 0 Å². The molecule has 1 atom stereocenters. The molecule has 1 radical (unpaired) electrons. The molecule has 0 aliphatic heterocycles. The van der Waals surface area contributed by atoms with E-state index in [1.165, 1.54) is 44.9 Å². The zero-order valence-corrected chi connectivity index (χ0v) is 14.2. The fourth-order valence-electron chi connectivity index (χ4n) is 2.79. The molecule has 0 N–H and O–H groups in total. The summed E-state index contributed by atoms with van der Waals surface area (Å²) in [5.74, 6) is 0.585. The standard InChI is InChI=1S/C15H24N2.Y/c1-2-7-13-8-6-11-15(12-13)17-16-14-9-4-3-5-10-14;/h13-14H,1-11H2;/q-2;/t13-;/m1./s1. The Morgan fingerprint density at radius 3 is 2.61 bits per heavy atom. The van der Waals surface area contributed by atoms with Gasteiger partial charge in [0, 0.05) is 32.7 Å². The Kier molecular flexibility index (Phi) is 8.58.